The SMILES string of the molecule is O=C(O)C1=C(F)C(O)(F)C=C(F)C1C(=O)O. The van der Waals surface area contributed by atoms with Gasteiger partial charge < -0.3 is 15.3 Å². The van der Waals surface area contributed by atoms with Gasteiger partial charge in [-0.2, -0.15) is 4.39 Å². The van der Waals surface area contributed by atoms with Crippen LogP contribution in [-0.2, 0) is 9.59 Å². The first-order chi connectivity index (χ1) is 7.18. The molecule has 1 aliphatic rings. The van der Waals surface area contributed by atoms with E-state index in [1.54, 1.807) is 0 Å². The fraction of sp³-hybridized carbons (Fsp3) is 0.250. The predicted molar refractivity (Wildman–Crippen MR) is 42.1 cm³/mol. The largest absolute Gasteiger partial charge is 0.480 e. The Kier molecular flexibility index (Phi) is 2.78. The van der Waals surface area contributed by atoms with Gasteiger partial charge in [0, 0.05) is 6.08 Å². The fourth-order valence-corrected chi connectivity index (χ4v) is 1.24. The molecule has 2 atom stereocenters. The number of carboxylic acid groups (broad SMARTS) is 2. The molecule has 0 fully saturated rings. The van der Waals surface area contributed by atoms with Crippen molar-refractivity contribution in [2.45, 2.75) is 5.85 Å². The Labute approximate surface area is 86.1 Å². The summed E-state index contributed by atoms with van der Waals surface area (Å²) in [6.07, 6.45) is -0.326. The summed E-state index contributed by atoms with van der Waals surface area (Å²) >= 11 is 0. The van der Waals surface area contributed by atoms with E-state index in [0.29, 0.717) is 0 Å². The van der Waals surface area contributed by atoms with Crippen molar-refractivity contribution < 1.29 is 38.1 Å². The molecule has 0 saturated carbocycles. The van der Waals surface area contributed by atoms with E-state index in [0.717, 1.165) is 0 Å². The Bertz CT molecular complexity index is 423. The molecule has 8 heteroatoms. The molecule has 0 radical (unpaired) electrons. The van der Waals surface area contributed by atoms with Crippen molar-refractivity contribution >= 4 is 11.9 Å². The maximum atomic E-state index is 13.1. The van der Waals surface area contributed by atoms with Crippen LogP contribution in [0.3, 0.4) is 0 Å². The number of aliphatic carboxylic acids is 2. The van der Waals surface area contributed by atoms with E-state index in [9.17, 15) is 22.8 Å². The molecule has 1 aliphatic carbocycles. The Morgan fingerprint density at radius 2 is 1.81 bits per heavy atom. The zero-order valence-corrected chi connectivity index (χ0v) is 7.45. The van der Waals surface area contributed by atoms with Gasteiger partial charge in [-0.15, -0.1) is 0 Å². The van der Waals surface area contributed by atoms with Crippen molar-refractivity contribution in [3.63, 3.8) is 0 Å². The van der Waals surface area contributed by atoms with Crippen molar-refractivity contribution in [1.82, 2.24) is 0 Å². The van der Waals surface area contributed by atoms with Gasteiger partial charge in [-0.3, -0.25) is 4.79 Å². The quantitative estimate of drug-likeness (QED) is 0.651. The van der Waals surface area contributed by atoms with Crippen LogP contribution in [0.25, 0.3) is 0 Å². The van der Waals surface area contributed by atoms with Crippen molar-refractivity contribution in [1.29, 1.82) is 0 Å². The maximum Gasteiger partial charge on any atom is 0.335 e. The van der Waals surface area contributed by atoms with E-state index in [2.05, 4.69) is 0 Å². The van der Waals surface area contributed by atoms with Crippen molar-refractivity contribution in [3.8, 4) is 0 Å². The van der Waals surface area contributed by atoms with Crippen molar-refractivity contribution in [2.24, 2.45) is 5.92 Å². The van der Waals surface area contributed by atoms with Crippen LogP contribution in [0.5, 0.6) is 0 Å². The number of aliphatic hydroxyl groups is 1. The summed E-state index contributed by atoms with van der Waals surface area (Å²) in [4.78, 5) is 21.0. The van der Waals surface area contributed by atoms with Crippen LogP contribution < -0.4 is 0 Å². The highest BCUT2D eigenvalue weighted by atomic mass is 19.2. The average molecular weight is 238 g/mol. The molecule has 0 saturated heterocycles. The number of rotatable bonds is 2. The molecule has 1 rings (SSSR count). The third-order valence-electron chi connectivity index (χ3n) is 1.92. The summed E-state index contributed by atoms with van der Waals surface area (Å²) < 4.78 is 39.0. The molecule has 0 aromatic heterocycles. The number of hydrogen-bond donors (Lipinski definition) is 3. The van der Waals surface area contributed by atoms with E-state index in [1.165, 1.54) is 0 Å². The second kappa shape index (κ2) is 3.63. The van der Waals surface area contributed by atoms with Gasteiger partial charge in [0.05, 0.1) is 5.57 Å². The third-order valence-corrected chi connectivity index (χ3v) is 1.92. The van der Waals surface area contributed by atoms with Crippen LogP contribution in [0.2, 0.25) is 0 Å². The van der Waals surface area contributed by atoms with Gasteiger partial charge in [0.25, 0.3) is 5.85 Å². The predicted octanol–water partition coefficient (Wildman–Crippen LogP) is 0.521. The van der Waals surface area contributed by atoms with Crippen molar-refractivity contribution in [2.75, 3.05) is 0 Å². The Morgan fingerprint density at radius 3 is 2.19 bits per heavy atom. The minimum Gasteiger partial charge on any atom is -0.480 e. The monoisotopic (exact) mass is 238 g/mol. The van der Waals surface area contributed by atoms with Crippen LogP contribution in [0.4, 0.5) is 13.2 Å². The summed E-state index contributed by atoms with van der Waals surface area (Å²) in [6, 6.07) is 0. The molecule has 16 heavy (non-hydrogen) atoms. The van der Waals surface area contributed by atoms with Crippen LogP contribution in [0.15, 0.2) is 23.3 Å². The van der Waals surface area contributed by atoms with E-state index in [-0.39, 0.29) is 6.08 Å². The van der Waals surface area contributed by atoms with Crippen LogP contribution in [-0.4, -0.2) is 33.1 Å². The van der Waals surface area contributed by atoms with Crippen LogP contribution >= 0.6 is 0 Å². The molecule has 3 N–H and O–H groups in total. The second-order valence-electron chi connectivity index (χ2n) is 3.01. The molecule has 0 aromatic rings. The molecule has 0 bridgehead atoms. The highest BCUT2D eigenvalue weighted by molar-refractivity contribution is 5.96. The number of hydrogen-bond acceptors (Lipinski definition) is 3. The normalized spacial score (nSPS) is 30.0. The molecule has 0 heterocycles. The number of halogens is 3. The van der Waals surface area contributed by atoms with Gasteiger partial charge >= 0.3 is 11.9 Å². The first-order valence-corrected chi connectivity index (χ1v) is 3.84. The van der Waals surface area contributed by atoms with Gasteiger partial charge in [0.2, 0.25) is 0 Å². The Balaban J connectivity index is 3.43. The zero-order chi connectivity index (χ0) is 12.7. The van der Waals surface area contributed by atoms with Crippen molar-refractivity contribution in [3.05, 3.63) is 23.3 Å². The minimum absolute atomic E-state index is 0.326. The lowest BCUT2D eigenvalue weighted by Gasteiger charge is -2.23. The summed E-state index contributed by atoms with van der Waals surface area (Å²) in [7, 11) is 0. The van der Waals surface area contributed by atoms with Crippen LogP contribution in [0, 0.1) is 5.92 Å². The van der Waals surface area contributed by atoms with Gasteiger partial charge in [0.1, 0.15) is 11.7 Å². The highest BCUT2D eigenvalue weighted by Crippen LogP contribution is 2.38. The van der Waals surface area contributed by atoms with E-state index >= 15 is 0 Å². The second-order valence-corrected chi connectivity index (χ2v) is 3.01. The average Bonchev–Trinajstić information content (AvgIpc) is 2.08. The molecule has 0 amide bonds. The fourth-order valence-electron chi connectivity index (χ4n) is 1.24. The van der Waals surface area contributed by atoms with Gasteiger partial charge in [-0.25, -0.2) is 13.6 Å². The maximum absolute atomic E-state index is 13.1. The Morgan fingerprint density at radius 1 is 1.31 bits per heavy atom. The molecular formula is C8H5F3O5. The summed E-state index contributed by atoms with van der Waals surface area (Å²) in [5.74, 6) is -14.6. The van der Waals surface area contributed by atoms with E-state index in [1.807, 2.05) is 0 Å². The molecule has 2 unspecified atom stereocenters. The van der Waals surface area contributed by atoms with E-state index < -0.39 is 40.9 Å². The smallest absolute Gasteiger partial charge is 0.335 e. The number of carbonyl (C=O) groups is 2. The third kappa shape index (κ3) is 1.78. The summed E-state index contributed by atoms with van der Waals surface area (Å²) in [5, 5.41) is 25.6. The minimum atomic E-state index is -3.94. The molecule has 0 spiro atoms. The molecular weight excluding hydrogens is 233 g/mol. The first-order valence-electron chi connectivity index (χ1n) is 3.84. The number of carboxylic acids is 2. The molecule has 0 aromatic carbocycles. The Hall–Kier alpha value is -1.83. The summed E-state index contributed by atoms with van der Waals surface area (Å²) in [5.41, 5.74) is -1.67. The topological polar surface area (TPSA) is 94.8 Å². The van der Waals surface area contributed by atoms with Gasteiger partial charge in [0.15, 0.2) is 5.83 Å². The molecule has 88 valence electrons. The molecule has 5 nitrogen and oxygen atoms in total. The van der Waals surface area contributed by atoms with Gasteiger partial charge in [-0.1, -0.05) is 0 Å². The highest BCUT2D eigenvalue weighted by Gasteiger charge is 2.47. The van der Waals surface area contributed by atoms with Gasteiger partial charge in [-0.05, 0) is 0 Å². The lowest BCUT2D eigenvalue weighted by Crippen LogP contribution is -2.34. The zero-order valence-electron chi connectivity index (χ0n) is 7.45. The lowest BCUT2D eigenvalue weighted by atomic mass is 9.89. The lowest BCUT2D eigenvalue weighted by molar-refractivity contribution is -0.144. The van der Waals surface area contributed by atoms with Crippen LogP contribution in [0.1, 0.15) is 0 Å². The van der Waals surface area contributed by atoms with E-state index in [4.69, 9.17) is 15.3 Å². The molecule has 0 aliphatic heterocycles. The first kappa shape index (κ1) is 12.2. The summed E-state index contributed by atoms with van der Waals surface area (Å²) in [6.45, 7) is 0. The standard InChI is InChI=1S/C8H5F3O5/c9-2-1-8(11,16)5(10)4(7(14)15)3(2)6(12)13/h1,3,16H,(H,12,13)(H,14,15). The number of alkyl halides is 1.